The Labute approximate surface area is 306 Å². The number of methoxy groups -OCH3 is 1. The van der Waals surface area contributed by atoms with Crippen LogP contribution in [0.5, 0.6) is 0 Å². The minimum Gasteiger partial charge on any atom is -0.465 e. The number of carbonyl (C=O) groups excluding carboxylic acids is 3. The zero-order valence-electron chi connectivity index (χ0n) is 31.5. The number of carbonyl (C=O) groups is 3. The van der Waals surface area contributed by atoms with Crippen molar-refractivity contribution in [2.45, 2.75) is 105 Å². The van der Waals surface area contributed by atoms with Gasteiger partial charge in [0.1, 0.15) is 6.29 Å². The molecule has 11 heteroatoms. The van der Waals surface area contributed by atoms with Gasteiger partial charge in [-0.25, -0.2) is 4.98 Å². The molecular formula is C40H53N5O5S. The van der Waals surface area contributed by atoms with Crippen molar-refractivity contribution in [1.82, 2.24) is 24.8 Å². The summed E-state index contributed by atoms with van der Waals surface area (Å²) in [7, 11) is 3.69. The van der Waals surface area contributed by atoms with E-state index in [0.29, 0.717) is 18.9 Å². The summed E-state index contributed by atoms with van der Waals surface area (Å²) in [6.45, 7) is 14.9. The van der Waals surface area contributed by atoms with Gasteiger partial charge in [0, 0.05) is 72.1 Å². The van der Waals surface area contributed by atoms with E-state index >= 15 is 0 Å². The Bertz CT molecular complexity index is 1860. The van der Waals surface area contributed by atoms with E-state index in [2.05, 4.69) is 59.8 Å². The first-order chi connectivity index (χ1) is 24.3. The fourth-order valence-electron chi connectivity index (χ4n) is 7.07. The number of likely N-dealkylation sites (N-methyl/N-ethyl adjacent to an activating group) is 1. The van der Waals surface area contributed by atoms with Crippen LogP contribution in [0.25, 0.3) is 33.4 Å². The van der Waals surface area contributed by atoms with Crippen molar-refractivity contribution in [3.05, 3.63) is 58.2 Å². The lowest BCUT2D eigenvalue weighted by molar-refractivity contribution is -0.144. The van der Waals surface area contributed by atoms with Crippen molar-refractivity contribution >= 4 is 40.4 Å². The maximum atomic E-state index is 13.3. The summed E-state index contributed by atoms with van der Waals surface area (Å²) in [5, 5.41) is 6.88. The Morgan fingerprint density at radius 1 is 1.20 bits per heavy atom. The number of aldehydes is 1. The van der Waals surface area contributed by atoms with E-state index in [1.54, 1.807) is 13.3 Å². The fraction of sp³-hybridized carbons (Fsp3) is 0.525. The fourth-order valence-corrected chi connectivity index (χ4v) is 7.94. The van der Waals surface area contributed by atoms with Gasteiger partial charge >= 0.3 is 5.97 Å². The molecule has 1 aromatic carbocycles. The van der Waals surface area contributed by atoms with Crippen LogP contribution < -0.4 is 5.32 Å². The molecule has 5 rings (SSSR count). The Kier molecular flexibility index (Phi) is 12.1. The number of thiazole rings is 1. The molecule has 0 radical (unpaired) electrons. The summed E-state index contributed by atoms with van der Waals surface area (Å²) in [6, 6.07) is 9.97. The lowest BCUT2D eigenvalue weighted by Crippen LogP contribution is -2.52. The number of ether oxygens (including phenoxy) is 2. The third kappa shape index (κ3) is 8.76. The van der Waals surface area contributed by atoms with Crippen molar-refractivity contribution in [1.29, 1.82) is 0 Å². The number of nitrogens with one attached hydrogen (secondary N) is 1. The topological polar surface area (TPSA) is 116 Å². The molecule has 4 aromatic rings. The highest BCUT2D eigenvalue weighted by Crippen LogP contribution is 2.42. The van der Waals surface area contributed by atoms with Gasteiger partial charge < -0.3 is 24.2 Å². The SMILES string of the molecule is CCn1c(-c2cccnc2C(C)OC)c(CC(C)(C)COC(C)=O)c2cc(-c3csc(CC(C=O)NC(=O)C(C(C)C)N(C)C4CC4)n3)ccc21. The molecule has 0 saturated heterocycles. The summed E-state index contributed by atoms with van der Waals surface area (Å²) < 4.78 is 13.6. The summed E-state index contributed by atoms with van der Waals surface area (Å²) in [6.07, 6.45) is 5.58. The molecule has 0 bridgehead atoms. The lowest BCUT2D eigenvalue weighted by Gasteiger charge is -2.31. The third-order valence-corrected chi connectivity index (χ3v) is 10.7. The van der Waals surface area contributed by atoms with E-state index in [1.807, 2.05) is 39.3 Å². The molecule has 10 nitrogen and oxygen atoms in total. The summed E-state index contributed by atoms with van der Waals surface area (Å²) in [5.41, 5.74) is 6.57. The quantitative estimate of drug-likeness (QED) is 0.0916. The van der Waals surface area contributed by atoms with Crippen LogP contribution in [0.2, 0.25) is 0 Å². The average molecular weight is 716 g/mol. The van der Waals surface area contributed by atoms with Crippen molar-refractivity contribution in [2.24, 2.45) is 11.3 Å². The predicted octanol–water partition coefficient (Wildman–Crippen LogP) is 7.03. The minimum absolute atomic E-state index is 0.115. The first kappa shape index (κ1) is 38.3. The van der Waals surface area contributed by atoms with Gasteiger partial charge in [-0.05, 0) is 75.9 Å². The average Bonchev–Trinajstić information content (AvgIpc) is 3.78. The molecule has 51 heavy (non-hydrogen) atoms. The summed E-state index contributed by atoms with van der Waals surface area (Å²) in [5.74, 6) is -0.292. The smallest absolute Gasteiger partial charge is 0.302 e. The molecular weight excluding hydrogens is 663 g/mol. The molecule has 1 saturated carbocycles. The Hall–Kier alpha value is -3.93. The Morgan fingerprint density at radius 3 is 2.57 bits per heavy atom. The maximum Gasteiger partial charge on any atom is 0.302 e. The zero-order chi connectivity index (χ0) is 37.0. The van der Waals surface area contributed by atoms with E-state index in [4.69, 9.17) is 19.4 Å². The Balaban J connectivity index is 1.51. The van der Waals surface area contributed by atoms with Crippen LogP contribution in [0.15, 0.2) is 41.9 Å². The normalized spacial score (nSPS) is 15.3. The largest absolute Gasteiger partial charge is 0.465 e. The van der Waals surface area contributed by atoms with Crippen LogP contribution in [0.4, 0.5) is 0 Å². The number of rotatable bonds is 17. The molecule has 1 fully saturated rings. The first-order valence-corrected chi connectivity index (χ1v) is 18.8. The van der Waals surface area contributed by atoms with E-state index < -0.39 is 6.04 Å². The number of pyridine rings is 1. The van der Waals surface area contributed by atoms with Crippen LogP contribution >= 0.6 is 11.3 Å². The monoisotopic (exact) mass is 715 g/mol. The number of fused-ring (bicyclic) bond motifs is 1. The van der Waals surface area contributed by atoms with E-state index in [1.165, 1.54) is 18.3 Å². The molecule has 274 valence electrons. The number of benzene rings is 1. The lowest BCUT2D eigenvalue weighted by atomic mass is 9.84. The predicted molar refractivity (Wildman–Crippen MR) is 203 cm³/mol. The van der Waals surface area contributed by atoms with E-state index in [0.717, 1.165) is 75.4 Å². The number of hydrogen-bond acceptors (Lipinski definition) is 9. The zero-order valence-corrected chi connectivity index (χ0v) is 32.3. The van der Waals surface area contributed by atoms with Crippen LogP contribution in [-0.4, -0.2) is 76.5 Å². The van der Waals surface area contributed by atoms with Crippen LogP contribution in [0, 0.1) is 11.3 Å². The van der Waals surface area contributed by atoms with Gasteiger partial charge in [0.15, 0.2) is 0 Å². The number of esters is 1. The number of aromatic nitrogens is 3. The first-order valence-electron chi connectivity index (χ1n) is 18.0. The van der Waals surface area contributed by atoms with Gasteiger partial charge in [-0.2, -0.15) is 0 Å². The molecule has 0 spiro atoms. The highest BCUT2D eigenvalue weighted by atomic mass is 32.1. The summed E-state index contributed by atoms with van der Waals surface area (Å²) in [4.78, 5) is 49.2. The number of aryl methyl sites for hydroxylation is 1. The summed E-state index contributed by atoms with van der Waals surface area (Å²) >= 11 is 1.49. The van der Waals surface area contributed by atoms with Crippen LogP contribution in [0.1, 0.15) is 83.7 Å². The van der Waals surface area contributed by atoms with Gasteiger partial charge in [-0.3, -0.25) is 19.5 Å². The molecule has 3 heterocycles. The van der Waals surface area contributed by atoms with Crippen molar-refractivity contribution in [3.8, 4) is 22.5 Å². The van der Waals surface area contributed by atoms with Crippen molar-refractivity contribution in [2.75, 3.05) is 20.8 Å². The molecule has 3 unspecified atom stereocenters. The van der Waals surface area contributed by atoms with Gasteiger partial charge in [-0.1, -0.05) is 33.8 Å². The number of hydrogen-bond donors (Lipinski definition) is 1. The Morgan fingerprint density at radius 2 is 1.94 bits per heavy atom. The molecule has 1 amide bonds. The second-order valence-electron chi connectivity index (χ2n) is 14.9. The standard InChI is InChI=1S/C40H53N5O5S/c1-10-45-34-16-13-27(33-22-51-35(43-33)19-28(21-46)42-39(48)37(24(2)3)44(8)29-14-15-29)18-31(34)32(20-40(6,7)23-50-26(5)47)38(45)30-12-11-17-41-36(30)25(4)49-9/h11-13,16-18,21-22,24-25,28-29,37H,10,14-15,19-20,23H2,1-9H3,(H,42,48). The third-order valence-electron chi connectivity index (χ3n) is 9.83. The molecule has 3 atom stereocenters. The molecule has 3 aromatic heterocycles. The van der Waals surface area contributed by atoms with E-state index in [-0.39, 0.29) is 42.0 Å². The highest BCUT2D eigenvalue weighted by Gasteiger charge is 2.37. The van der Waals surface area contributed by atoms with Gasteiger partial charge in [-0.15, -0.1) is 11.3 Å². The van der Waals surface area contributed by atoms with Crippen LogP contribution in [0.3, 0.4) is 0 Å². The van der Waals surface area contributed by atoms with E-state index in [9.17, 15) is 14.4 Å². The van der Waals surface area contributed by atoms with Gasteiger partial charge in [0.2, 0.25) is 5.91 Å². The van der Waals surface area contributed by atoms with Crippen LogP contribution in [-0.2, 0) is 43.2 Å². The molecule has 1 N–H and O–H groups in total. The second kappa shape index (κ2) is 16.2. The van der Waals surface area contributed by atoms with Gasteiger partial charge in [0.25, 0.3) is 0 Å². The molecule has 1 aliphatic carbocycles. The number of nitrogens with zero attached hydrogens (tertiary/aromatic N) is 4. The number of amides is 1. The van der Waals surface area contributed by atoms with Crippen molar-refractivity contribution < 1.29 is 23.9 Å². The molecule has 1 aliphatic rings. The maximum absolute atomic E-state index is 13.3. The molecule has 0 aliphatic heterocycles. The van der Waals surface area contributed by atoms with Gasteiger partial charge in [0.05, 0.1) is 46.9 Å². The second-order valence-corrected chi connectivity index (χ2v) is 15.8. The van der Waals surface area contributed by atoms with Crippen molar-refractivity contribution in [3.63, 3.8) is 0 Å². The highest BCUT2D eigenvalue weighted by molar-refractivity contribution is 7.10. The minimum atomic E-state index is -0.664.